The summed E-state index contributed by atoms with van der Waals surface area (Å²) in [5.41, 5.74) is 5.00. The normalized spacial score (nSPS) is 11.8. The third-order valence-electron chi connectivity index (χ3n) is 4.79. The lowest BCUT2D eigenvalue weighted by Crippen LogP contribution is -2.13. The van der Waals surface area contributed by atoms with Crippen LogP contribution in [0.1, 0.15) is 26.3 Å². The van der Waals surface area contributed by atoms with Gasteiger partial charge < -0.3 is 0 Å². The van der Waals surface area contributed by atoms with Crippen LogP contribution in [0.2, 0.25) is 0 Å². The first-order valence-corrected chi connectivity index (χ1v) is 9.70. The SMILES string of the molecule is O=C(Nc1nc(-c2ccccc2)cs1)c1cccc2c1-c1ccccc1C2=O. The maximum Gasteiger partial charge on any atom is 0.258 e. The fourth-order valence-corrected chi connectivity index (χ4v) is 4.22. The van der Waals surface area contributed by atoms with E-state index in [-0.39, 0.29) is 11.7 Å². The smallest absolute Gasteiger partial charge is 0.258 e. The number of hydrogen-bond acceptors (Lipinski definition) is 4. The molecule has 5 rings (SSSR count). The summed E-state index contributed by atoms with van der Waals surface area (Å²) < 4.78 is 0. The summed E-state index contributed by atoms with van der Waals surface area (Å²) in [6.45, 7) is 0. The number of rotatable bonds is 3. The average molecular weight is 382 g/mol. The summed E-state index contributed by atoms with van der Waals surface area (Å²) in [5.74, 6) is -0.309. The van der Waals surface area contributed by atoms with Gasteiger partial charge in [0.05, 0.1) is 5.69 Å². The number of hydrogen-bond donors (Lipinski definition) is 1. The number of fused-ring (bicyclic) bond motifs is 3. The average Bonchev–Trinajstić information content (AvgIpc) is 3.32. The molecule has 0 aliphatic heterocycles. The van der Waals surface area contributed by atoms with Crippen molar-refractivity contribution in [2.45, 2.75) is 0 Å². The molecule has 3 aromatic carbocycles. The number of ketones is 1. The number of aromatic nitrogens is 1. The first-order valence-electron chi connectivity index (χ1n) is 8.82. The van der Waals surface area contributed by atoms with Gasteiger partial charge in [-0.3, -0.25) is 14.9 Å². The molecule has 1 aromatic heterocycles. The number of carbonyl (C=O) groups excluding carboxylic acids is 2. The predicted molar refractivity (Wildman–Crippen MR) is 111 cm³/mol. The molecule has 4 aromatic rings. The first-order chi connectivity index (χ1) is 13.7. The highest BCUT2D eigenvalue weighted by Crippen LogP contribution is 2.39. The van der Waals surface area contributed by atoms with Gasteiger partial charge in [-0.25, -0.2) is 4.98 Å². The van der Waals surface area contributed by atoms with Gasteiger partial charge in [0.2, 0.25) is 0 Å². The minimum absolute atomic E-state index is 0.0409. The number of nitrogens with one attached hydrogen (secondary N) is 1. The van der Waals surface area contributed by atoms with Crippen molar-refractivity contribution in [3.05, 3.63) is 94.9 Å². The number of anilines is 1. The summed E-state index contributed by atoms with van der Waals surface area (Å²) in [6, 6.07) is 22.5. The van der Waals surface area contributed by atoms with Crippen molar-refractivity contribution in [3.8, 4) is 22.4 Å². The van der Waals surface area contributed by atoms with Crippen LogP contribution in [0.4, 0.5) is 5.13 Å². The maximum atomic E-state index is 13.0. The van der Waals surface area contributed by atoms with Crippen molar-refractivity contribution in [3.63, 3.8) is 0 Å². The van der Waals surface area contributed by atoms with Crippen LogP contribution in [0, 0.1) is 0 Å². The van der Waals surface area contributed by atoms with Crippen LogP contribution >= 0.6 is 11.3 Å². The molecule has 0 saturated heterocycles. The third kappa shape index (κ3) is 2.64. The van der Waals surface area contributed by atoms with Gasteiger partial charge in [0.15, 0.2) is 10.9 Å². The van der Waals surface area contributed by atoms with E-state index in [2.05, 4.69) is 10.3 Å². The third-order valence-corrected chi connectivity index (χ3v) is 5.55. The predicted octanol–water partition coefficient (Wildman–Crippen LogP) is 5.27. The molecular formula is C23H14N2O2S. The summed E-state index contributed by atoms with van der Waals surface area (Å²) >= 11 is 1.38. The van der Waals surface area contributed by atoms with Gasteiger partial charge in [-0.05, 0) is 11.6 Å². The Bertz CT molecular complexity index is 1230. The molecule has 1 N–H and O–H groups in total. The molecule has 1 heterocycles. The van der Waals surface area contributed by atoms with E-state index in [9.17, 15) is 9.59 Å². The quantitative estimate of drug-likeness (QED) is 0.462. The first kappa shape index (κ1) is 16.6. The second-order valence-corrected chi connectivity index (χ2v) is 7.32. The van der Waals surface area contributed by atoms with E-state index in [0.717, 1.165) is 16.8 Å². The standard InChI is InChI=1S/C23H14N2O2S/c26-21-16-10-5-4-9-15(16)20-17(21)11-6-12-18(20)22(27)25-23-24-19(13-28-23)14-7-2-1-3-8-14/h1-13H,(H,24,25,27). The Labute approximate surface area is 165 Å². The minimum Gasteiger partial charge on any atom is -0.298 e. The minimum atomic E-state index is -0.268. The lowest BCUT2D eigenvalue weighted by molar-refractivity contribution is 0.102. The van der Waals surface area contributed by atoms with Gasteiger partial charge in [0.25, 0.3) is 5.91 Å². The Kier molecular flexibility index (Phi) is 3.88. The molecule has 1 amide bonds. The molecule has 28 heavy (non-hydrogen) atoms. The summed E-state index contributed by atoms with van der Waals surface area (Å²) in [5, 5.41) is 5.32. The van der Waals surface area contributed by atoms with Crippen molar-refractivity contribution in [2.24, 2.45) is 0 Å². The lowest BCUT2D eigenvalue weighted by Gasteiger charge is -2.08. The van der Waals surface area contributed by atoms with E-state index in [4.69, 9.17) is 0 Å². The maximum absolute atomic E-state index is 13.0. The van der Waals surface area contributed by atoms with Gasteiger partial charge in [-0.15, -0.1) is 11.3 Å². The van der Waals surface area contributed by atoms with E-state index in [1.807, 2.05) is 53.9 Å². The highest BCUT2D eigenvalue weighted by atomic mass is 32.1. The zero-order valence-electron chi connectivity index (χ0n) is 14.7. The topological polar surface area (TPSA) is 59.1 Å². The van der Waals surface area contributed by atoms with Crippen LogP contribution in [0.5, 0.6) is 0 Å². The summed E-state index contributed by atoms with van der Waals surface area (Å²) in [4.78, 5) is 30.1. The largest absolute Gasteiger partial charge is 0.298 e. The number of benzene rings is 3. The van der Waals surface area contributed by atoms with Crippen LogP contribution < -0.4 is 5.32 Å². The molecule has 0 radical (unpaired) electrons. The molecular weight excluding hydrogens is 368 g/mol. The number of nitrogens with zero attached hydrogens (tertiary/aromatic N) is 1. The summed E-state index contributed by atoms with van der Waals surface area (Å²) in [7, 11) is 0. The molecule has 5 heteroatoms. The van der Waals surface area contributed by atoms with Crippen molar-refractivity contribution < 1.29 is 9.59 Å². The Morgan fingerprint density at radius 3 is 2.36 bits per heavy atom. The molecule has 1 aliphatic rings. The second kappa shape index (κ2) is 6.55. The molecule has 0 bridgehead atoms. The van der Waals surface area contributed by atoms with Crippen LogP contribution in [0.25, 0.3) is 22.4 Å². The Morgan fingerprint density at radius 1 is 0.821 bits per heavy atom. The van der Waals surface area contributed by atoms with Gasteiger partial charge >= 0.3 is 0 Å². The van der Waals surface area contributed by atoms with Crippen molar-refractivity contribution >= 4 is 28.2 Å². The molecule has 4 nitrogen and oxygen atoms in total. The zero-order chi connectivity index (χ0) is 19.1. The van der Waals surface area contributed by atoms with Gasteiger partial charge in [-0.1, -0.05) is 66.7 Å². The fourth-order valence-electron chi connectivity index (χ4n) is 3.50. The van der Waals surface area contributed by atoms with E-state index in [0.29, 0.717) is 27.4 Å². The molecule has 0 spiro atoms. The molecule has 0 unspecified atom stereocenters. The Balaban J connectivity index is 1.49. The van der Waals surface area contributed by atoms with Crippen LogP contribution in [-0.4, -0.2) is 16.7 Å². The van der Waals surface area contributed by atoms with Crippen molar-refractivity contribution in [1.29, 1.82) is 0 Å². The highest BCUT2D eigenvalue weighted by Gasteiger charge is 2.30. The van der Waals surface area contributed by atoms with E-state index in [1.54, 1.807) is 24.3 Å². The molecule has 0 atom stereocenters. The molecule has 134 valence electrons. The monoisotopic (exact) mass is 382 g/mol. The van der Waals surface area contributed by atoms with Crippen molar-refractivity contribution in [2.75, 3.05) is 5.32 Å². The molecule has 0 saturated carbocycles. The van der Waals surface area contributed by atoms with Crippen molar-refractivity contribution in [1.82, 2.24) is 4.98 Å². The molecule has 1 aliphatic carbocycles. The van der Waals surface area contributed by atoms with Crippen LogP contribution in [-0.2, 0) is 0 Å². The Hall–Kier alpha value is -3.57. The van der Waals surface area contributed by atoms with Crippen LogP contribution in [0.15, 0.2) is 78.2 Å². The Morgan fingerprint density at radius 2 is 1.54 bits per heavy atom. The zero-order valence-corrected chi connectivity index (χ0v) is 15.5. The molecule has 0 fully saturated rings. The van der Waals surface area contributed by atoms with Gasteiger partial charge in [0.1, 0.15) is 0 Å². The van der Waals surface area contributed by atoms with Gasteiger partial charge in [0, 0.05) is 33.2 Å². The van der Waals surface area contributed by atoms with E-state index in [1.165, 1.54) is 11.3 Å². The number of thiazole rings is 1. The highest BCUT2D eigenvalue weighted by molar-refractivity contribution is 7.14. The van der Waals surface area contributed by atoms with Crippen LogP contribution in [0.3, 0.4) is 0 Å². The van der Waals surface area contributed by atoms with E-state index < -0.39 is 0 Å². The fraction of sp³-hybridized carbons (Fsp3) is 0. The lowest BCUT2D eigenvalue weighted by atomic mass is 9.99. The summed E-state index contributed by atoms with van der Waals surface area (Å²) in [6.07, 6.45) is 0. The number of amides is 1. The van der Waals surface area contributed by atoms with E-state index >= 15 is 0 Å². The number of carbonyl (C=O) groups is 2. The second-order valence-electron chi connectivity index (χ2n) is 6.46. The van der Waals surface area contributed by atoms with Gasteiger partial charge in [-0.2, -0.15) is 0 Å².